The molecule has 0 bridgehead atoms. The van der Waals surface area contributed by atoms with Gasteiger partial charge in [0.25, 0.3) is 0 Å². The Morgan fingerprint density at radius 1 is 1.50 bits per heavy atom. The van der Waals surface area contributed by atoms with Gasteiger partial charge in [-0.25, -0.2) is 0 Å². The first-order valence-corrected chi connectivity index (χ1v) is 3.76. The Morgan fingerprint density at radius 2 is 2.42 bits per heavy atom. The molecular formula is C8H10N4. The molecule has 2 heterocycles. The number of H-pyrrole nitrogens is 2. The van der Waals surface area contributed by atoms with E-state index in [1.54, 1.807) is 0 Å². The highest BCUT2D eigenvalue weighted by atomic mass is 15.2. The Bertz CT molecular complexity index is 347. The molecular weight excluding hydrogens is 152 g/mol. The van der Waals surface area contributed by atoms with E-state index >= 15 is 0 Å². The van der Waals surface area contributed by atoms with Gasteiger partial charge in [-0.05, 0) is 13.0 Å². The van der Waals surface area contributed by atoms with Gasteiger partial charge >= 0.3 is 0 Å². The number of nitrogens with one attached hydrogen (secondary N) is 3. The molecule has 0 aliphatic carbocycles. The summed E-state index contributed by atoms with van der Waals surface area (Å²) in [5.41, 5.74) is 2.06. The smallest absolute Gasteiger partial charge is 0.152 e. The molecule has 4 nitrogen and oxygen atoms in total. The Labute approximate surface area is 70.0 Å². The fourth-order valence-corrected chi connectivity index (χ4v) is 1.03. The topological polar surface area (TPSA) is 56.5 Å². The Hall–Kier alpha value is -1.71. The van der Waals surface area contributed by atoms with Gasteiger partial charge in [0.1, 0.15) is 0 Å². The van der Waals surface area contributed by atoms with Crippen LogP contribution in [-0.2, 0) is 0 Å². The van der Waals surface area contributed by atoms with Crippen LogP contribution < -0.4 is 5.32 Å². The van der Waals surface area contributed by atoms with Crippen LogP contribution in [0.5, 0.6) is 0 Å². The molecule has 2 rings (SSSR count). The third-order valence-corrected chi connectivity index (χ3v) is 1.58. The first-order chi connectivity index (χ1) is 5.84. The van der Waals surface area contributed by atoms with E-state index in [1.165, 1.54) is 0 Å². The molecule has 2 aromatic rings. The molecule has 0 atom stereocenters. The molecule has 0 aliphatic heterocycles. The normalized spacial score (nSPS) is 10.1. The van der Waals surface area contributed by atoms with Crippen LogP contribution >= 0.6 is 0 Å². The zero-order valence-electron chi connectivity index (χ0n) is 6.76. The summed E-state index contributed by atoms with van der Waals surface area (Å²) in [7, 11) is 0. The summed E-state index contributed by atoms with van der Waals surface area (Å²) in [6.07, 6.45) is 3.74. The zero-order chi connectivity index (χ0) is 8.39. The van der Waals surface area contributed by atoms with E-state index in [1.807, 2.05) is 31.5 Å². The van der Waals surface area contributed by atoms with E-state index in [9.17, 15) is 0 Å². The summed E-state index contributed by atoms with van der Waals surface area (Å²) in [5.74, 6) is 0.840. The molecule has 0 spiro atoms. The van der Waals surface area contributed by atoms with Crippen molar-refractivity contribution in [1.82, 2.24) is 15.2 Å². The second-order valence-corrected chi connectivity index (χ2v) is 2.66. The van der Waals surface area contributed by atoms with Gasteiger partial charge in [0.15, 0.2) is 5.82 Å². The maximum absolute atomic E-state index is 4.04. The van der Waals surface area contributed by atoms with Crippen molar-refractivity contribution in [2.75, 3.05) is 5.32 Å². The minimum Gasteiger partial charge on any atom is -0.366 e. The van der Waals surface area contributed by atoms with Crippen LogP contribution in [0.1, 0.15) is 5.69 Å². The van der Waals surface area contributed by atoms with Crippen molar-refractivity contribution in [1.29, 1.82) is 0 Å². The molecule has 3 N–H and O–H groups in total. The van der Waals surface area contributed by atoms with Crippen molar-refractivity contribution in [2.24, 2.45) is 0 Å². The number of aromatic nitrogens is 3. The summed E-state index contributed by atoms with van der Waals surface area (Å²) in [4.78, 5) is 2.96. The first kappa shape index (κ1) is 6.97. The van der Waals surface area contributed by atoms with E-state index in [2.05, 4.69) is 20.5 Å². The molecule has 0 unspecified atom stereocenters. The highest BCUT2D eigenvalue weighted by Crippen LogP contribution is 2.12. The number of nitrogens with zero attached hydrogens (tertiary/aromatic N) is 1. The second kappa shape index (κ2) is 2.73. The van der Waals surface area contributed by atoms with Gasteiger partial charge in [-0.3, -0.25) is 5.10 Å². The highest BCUT2D eigenvalue weighted by molar-refractivity contribution is 5.54. The van der Waals surface area contributed by atoms with Gasteiger partial charge in [-0.2, -0.15) is 5.10 Å². The number of hydrogen-bond donors (Lipinski definition) is 3. The molecule has 0 saturated carbocycles. The van der Waals surface area contributed by atoms with Gasteiger partial charge in [0, 0.05) is 24.2 Å². The first-order valence-electron chi connectivity index (χ1n) is 3.76. The molecule has 0 saturated heterocycles. The summed E-state index contributed by atoms with van der Waals surface area (Å²) in [6, 6.07) is 3.90. The van der Waals surface area contributed by atoms with Gasteiger partial charge < -0.3 is 10.3 Å². The van der Waals surface area contributed by atoms with Crippen molar-refractivity contribution in [2.45, 2.75) is 6.92 Å². The largest absolute Gasteiger partial charge is 0.366 e. The zero-order valence-corrected chi connectivity index (χ0v) is 6.76. The number of hydrogen-bond acceptors (Lipinski definition) is 2. The molecule has 4 heteroatoms. The summed E-state index contributed by atoms with van der Waals surface area (Å²) in [5, 5.41) is 10.0. The van der Waals surface area contributed by atoms with Crippen LogP contribution in [0.2, 0.25) is 0 Å². The lowest BCUT2D eigenvalue weighted by atomic mass is 10.4. The molecule has 0 aromatic carbocycles. The van der Waals surface area contributed by atoms with Crippen molar-refractivity contribution in [3.05, 3.63) is 30.2 Å². The standard InChI is InChI=1S/C8H10N4/c1-6-4-8(12-11-6)10-7-2-3-9-5-7/h2-5,9H,1H3,(H2,10,11,12). The quantitative estimate of drug-likeness (QED) is 0.630. The molecule has 0 fully saturated rings. The van der Waals surface area contributed by atoms with Crippen LogP contribution in [0, 0.1) is 6.92 Å². The Morgan fingerprint density at radius 3 is 3.00 bits per heavy atom. The molecule has 0 aliphatic rings. The average Bonchev–Trinajstić information content (AvgIpc) is 2.63. The van der Waals surface area contributed by atoms with Crippen LogP contribution in [0.15, 0.2) is 24.5 Å². The minimum atomic E-state index is 0.840. The summed E-state index contributed by atoms with van der Waals surface area (Å²) < 4.78 is 0. The lowest BCUT2D eigenvalue weighted by molar-refractivity contribution is 1.05. The molecule has 0 radical (unpaired) electrons. The molecule has 2 aromatic heterocycles. The maximum atomic E-state index is 4.04. The van der Waals surface area contributed by atoms with Crippen molar-refractivity contribution in [3.8, 4) is 0 Å². The molecule has 62 valence electrons. The molecule has 0 amide bonds. The lowest BCUT2D eigenvalue weighted by Crippen LogP contribution is -1.87. The lowest BCUT2D eigenvalue weighted by Gasteiger charge is -1.95. The maximum Gasteiger partial charge on any atom is 0.152 e. The van der Waals surface area contributed by atoms with E-state index in [0.717, 1.165) is 17.2 Å². The minimum absolute atomic E-state index is 0.840. The Kier molecular flexibility index (Phi) is 1.59. The number of anilines is 2. The second-order valence-electron chi connectivity index (χ2n) is 2.66. The Balaban J connectivity index is 2.14. The third-order valence-electron chi connectivity index (χ3n) is 1.58. The average molecular weight is 162 g/mol. The van der Waals surface area contributed by atoms with Gasteiger partial charge in [-0.15, -0.1) is 0 Å². The van der Waals surface area contributed by atoms with E-state index in [0.29, 0.717) is 0 Å². The SMILES string of the molecule is Cc1cc(Nc2cc[nH]c2)n[nH]1. The highest BCUT2D eigenvalue weighted by Gasteiger charge is 1.96. The fourth-order valence-electron chi connectivity index (χ4n) is 1.03. The van der Waals surface area contributed by atoms with Crippen molar-refractivity contribution in [3.63, 3.8) is 0 Å². The van der Waals surface area contributed by atoms with Crippen LogP contribution in [0.25, 0.3) is 0 Å². The van der Waals surface area contributed by atoms with E-state index in [4.69, 9.17) is 0 Å². The third kappa shape index (κ3) is 1.32. The predicted octanol–water partition coefficient (Wildman–Crippen LogP) is 1.79. The fraction of sp³-hybridized carbons (Fsp3) is 0.125. The summed E-state index contributed by atoms with van der Waals surface area (Å²) >= 11 is 0. The van der Waals surface area contributed by atoms with E-state index < -0.39 is 0 Å². The monoisotopic (exact) mass is 162 g/mol. The number of aromatic amines is 2. The van der Waals surface area contributed by atoms with Gasteiger partial charge in [-0.1, -0.05) is 0 Å². The van der Waals surface area contributed by atoms with Crippen LogP contribution in [-0.4, -0.2) is 15.2 Å². The van der Waals surface area contributed by atoms with Crippen molar-refractivity contribution < 1.29 is 0 Å². The van der Waals surface area contributed by atoms with Gasteiger partial charge in [0.05, 0.1) is 5.69 Å². The predicted molar refractivity (Wildman–Crippen MR) is 47.4 cm³/mol. The number of aryl methyl sites for hydroxylation is 1. The number of rotatable bonds is 2. The van der Waals surface area contributed by atoms with Gasteiger partial charge in [0.2, 0.25) is 0 Å². The van der Waals surface area contributed by atoms with Crippen LogP contribution in [0.3, 0.4) is 0 Å². The van der Waals surface area contributed by atoms with E-state index in [-0.39, 0.29) is 0 Å². The summed E-state index contributed by atoms with van der Waals surface area (Å²) in [6.45, 7) is 1.97. The molecule has 12 heavy (non-hydrogen) atoms. The van der Waals surface area contributed by atoms with Crippen molar-refractivity contribution >= 4 is 11.5 Å². The van der Waals surface area contributed by atoms with Crippen LogP contribution in [0.4, 0.5) is 11.5 Å².